The van der Waals surface area contributed by atoms with E-state index in [4.69, 9.17) is 20.8 Å². The van der Waals surface area contributed by atoms with Gasteiger partial charge in [-0.2, -0.15) is 0 Å². The Morgan fingerprint density at radius 2 is 1.84 bits per heavy atom. The van der Waals surface area contributed by atoms with Gasteiger partial charge in [0.1, 0.15) is 23.5 Å². The maximum atomic E-state index is 13.4. The zero-order valence-corrected chi connectivity index (χ0v) is 26.9. The third-order valence-electron chi connectivity index (χ3n) is 7.16. The SMILES string of the molecule is CN/C(CCN(C)C)=C(/NC(=O)CC(C)(C)CNC(=O)C1=c2oc(COC)cc2=CC(Cl)C1C)C(=O)Nc1ccccc1. The second kappa shape index (κ2) is 15.2. The molecule has 3 amide bonds. The molecule has 1 heterocycles. The van der Waals surface area contributed by atoms with E-state index >= 15 is 0 Å². The summed E-state index contributed by atoms with van der Waals surface area (Å²) < 4.78 is 11.1. The number of rotatable bonds is 14. The Labute approximate surface area is 258 Å². The molecule has 0 saturated heterocycles. The molecule has 1 aromatic heterocycles. The predicted molar refractivity (Wildman–Crippen MR) is 169 cm³/mol. The molecular weight excluding hydrogens is 570 g/mol. The summed E-state index contributed by atoms with van der Waals surface area (Å²) in [7, 11) is 7.18. The van der Waals surface area contributed by atoms with E-state index in [1.54, 1.807) is 26.3 Å². The lowest BCUT2D eigenvalue weighted by molar-refractivity contribution is -0.124. The van der Waals surface area contributed by atoms with E-state index in [2.05, 4.69) is 21.3 Å². The highest BCUT2D eigenvalue weighted by Crippen LogP contribution is 2.25. The zero-order valence-electron chi connectivity index (χ0n) is 26.1. The van der Waals surface area contributed by atoms with Crippen molar-refractivity contribution >= 4 is 46.7 Å². The van der Waals surface area contributed by atoms with Crippen LogP contribution in [0.1, 0.15) is 39.4 Å². The number of halogens is 1. The second-order valence-corrected chi connectivity index (χ2v) is 12.3. The minimum absolute atomic E-state index is 0.0564. The van der Waals surface area contributed by atoms with Crippen LogP contribution in [0.2, 0.25) is 0 Å². The first-order valence-corrected chi connectivity index (χ1v) is 14.8. The highest BCUT2D eigenvalue weighted by Gasteiger charge is 2.31. The van der Waals surface area contributed by atoms with Crippen LogP contribution in [0.4, 0.5) is 5.69 Å². The van der Waals surface area contributed by atoms with Gasteiger partial charge < -0.3 is 35.3 Å². The molecule has 2 unspecified atom stereocenters. The number of para-hydroxylation sites is 1. The topological polar surface area (TPSA) is 125 Å². The minimum atomic E-state index is -0.637. The van der Waals surface area contributed by atoms with E-state index < -0.39 is 11.3 Å². The smallest absolute Gasteiger partial charge is 0.273 e. The van der Waals surface area contributed by atoms with Crippen LogP contribution in [0.25, 0.3) is 11.6 Å². The number of nitrogens with one attached hydrogen (secondary N) is 4. The number of carbonyl (C=O) groups is 3. The van der Waals surface area contributed by atoms with Crippen LogP contribution in [0, 0.1) is 11.3 Å². The van der Waals surface area contributed by atoms with Gasteiger partial charge in [-0.05, 0) is 37.7 Å². The zero-order chi connectivity index (χ0) is 31.7. The first-order valence-electron chi connectivity index (χ1n) is 14.3. The number of hydrogen-bond donors (Lipinski definition) is 4. The van der Waals surface area contributed by atoms with Crippen LogP contribution in [-0.2, 0) is 25.7 Å². The molecule has 234 valence electrons. The van der Waals surface area contributed by atoms with Crippen molar-refractivity contribution in [2.45, 2.75) is 45.6 Å². The lowest BCUT2D eigenvalue weighted by Crippen LogP contribution is -2.44. The first kappa shape index (κ1) is 33.9. The summed E-state index contributed by atoms with van der Waals surface area (Å²) >= 11 is 6.55. The molecule has 10 nitrogen and oxygen atoms in total. The Morgan fingerprint density at radius 3 is 2.47 bits per heavy atom. The van der Waals surface area contributed by atoms with Gasteiger partial charge in [0.25, 0.3) is 11.8 Å². The average molecular weight is 614 g/mol. The van der Waals surface area contributed by atoms with Crippen LogP contribution in [0.15, 0.2) is 52.2 Å². The van der Waals surface area contributed by atoms with Gasteiger partial charge in [-0.25, -0.2) is 0 Å². The van der Waals surface area contributed by atoms with Gasteiger partial charge in [-0.3, -0.25) is 14.4 Å². The molecule has 1 aliphatic rings. The number of carbonyl (C=O) groups excluding carboxylic acids is 3. The van der Waals surface area contributed by atoms with Crippen molar-refractivity contribution in [3.05, 3.63) is 64.2 Å². The molecule has 0 spiro atoms. The summed E-state index contributed by atoms with van der Waals surface area (Å²) in [4.78, 5) is 42.1. The van der Waals surface area contributed by atoms with E-state index in [-0.39, 0.29) is 48.4 Å². The third kappa shape index (κ3) is 9.44. The molecule has 0 radical (unpaired) electrons. The summed E-state index contributed by atoms with van der Waals surface area (Å²) in [6.45, 7) is 6.81. The van der Waals surface area contributed by atoms with Crippen molar-refractivity contribution in [1.82, 2.24) is 20.9 Å². The van der Waals surface area contributed by atoms with Crippen LogP contribution < -0.4 is 31.9 Å². The molecule has 43 heavy (non-hydrogen) atoms. The Morgan fingerprint density at radius 1 is 1.14 bits per heavy atom. The van der Waals surface area contributed by atoms with Gasteiger partial charge in [-0.1, -0.05) is 45.0 Å². The number of amides is 3. The molecular formula is C32H44ClN5O5. The largest absolute Gasteiger partial charge is 0.458 e. The van der Waals surface area contributed by atoms with Crippen LogP contribution in [0.5, 0.6) is 0 Å². The quantitative estimate of drug-likeness (QED) is 0.190. The molecule has 0 bridgehead atoms. The molecule has 0 saturated carbocycles. The van der Waals surface area contributed by atoms with Crippen molar-refractivity contribution in [2.24, 2.45) is 11.3 Å². The van der Waals surface area contributed by atoms with E-state index in [1.807, 2.05) is 70.1 Å². The number of methoxy groups -OCH3 is 1. The standard InChI is InChI=1S/C32H44ClN5O5/c1-20-24(33)16-21-15-23(18-42-7)43-29(21)27(20)30(40)35-19-32(2,3)17-26(39)37-28(25(34-4)13-14-38(5)6)31(41)36-22-11-9-8-10-12-22/h8-12,15-16,20,24,34H,13-14,17-19H2,1-7H3,(H,35,40)(H,36,41)(H,37,39)/b28-25+. The Balaban J connectivity index is 1.75. The van der Waals surface area contributed by atoms with Crippen molar-refractivity contribution < 1.29 is 23.5 Å². The van der Waals surface area contributed by atoms with Crippen molar-refractivity contribution in [3.63, 3.8) is 0 Å². The summed E-state index contributed by atoms with van der Waals surface area (Å²) in [5.74, 6) is -0.744. The number of ether oxygens (including phenoxy) is 1. The molecule has 1 aromatic carbocycles. The Kier molecular flexibility index (Phi) is 12.0. The molecule has 11 heteroatoms. The molecule has 0 fully saturated rings. The number of benzene rings is 1. The van der Waals surface area contributed by atoms with Crippen LogP contribution in [0.3, 0.4) is 0 Å². The van der Waals surface area contributed by atoms with Gasteiger partial charge in [0.15, 0.2) is 0 Å². The fraction of sp³-hybridized carbons (Fsp3) is 0.469. The highest BCUT2D eigenvalue weighted by molar-refractivity contribution is 6.27. The van der Waals surface area contributed by atoms with Gasteiger partial charge in [0.05, 0.1) is 11.0 Å². The number of alkyl halides is 1. The summed E-state index contributed by atoms with van der Waals surface area (Å²) in [5, 5.41) is 12.1. The summed E-state index contributed by atoms with van der Waals surface area (Å²) in [6.07, 6.45) is 2.46. The number of hydrogen-bond acceptors (Lipinski definition) is 7. The minimum Gasteiger partial charge on any atom is -0.458 e. The van der Waals surface area contributed by atoms with Crippen molar-refractivity contribution in [1.29, 1.82) is 0 Å². The number of nitrogens with zero attached hydrogens (tertiary/aromatic N) is 1. The highest BCUT2D eigenvalue weighted by atomic mass is 35.5. The van der Waals surface area contributed by atoms with Crippen LogP contribution >= 0.6 is 11.6 Å². The van der Waals surface area contributed by atoms with Crippen molar-refractivity contribution in [2.75, 3.05) is 46.7 Å². The van der Waals surface area contributed by atoms with Gasteiger partial charge in [0, 0.05) is 62.6 Å². The lowest BCUT2D eigenvalue weighted by Gasteiger charge is -2.27. The lowest BCUT2D eigenvalue weighted by atomic mass is 9.87. The third-order valence-corrected chi connectivity index (χ3v) is 7.67. The number of anilines is 1. The van der Waals surface area contributed by atoms with E-state index in [0.29, 0.717) is 41.1 Å². The predicted octanol–water partition coefficient (Wildman–Crippen LogP) is 2.28. The fourth-order valence-electron chi connectivity index (χ4n) is 4.79. The van der Waals surface area contributed by atoms with Gasteiger partial charge in [0.2, 0.25) is 5.91 Å². The second-order valence-electron chi connectivity index (χ2n) is 11.8. The molecule has 1 aliphatic carbocycles. The van der Waals surface area contributed by atoms with Crippen molar-refractivity contribution in [3.8, 4) is 0 Å². The first-order chi connectivity index (χ1) is 20.3. The average Bonchev–Trinajstić information content (AvgIpc) is 3.33. The summed E-state index contributed by atoms with van der Waals surface area (Å²) in [6, 6.07) is 10.9. The number of furan rings is 1. The molecule has 2 atom stereocenters. The molecule has 2 aromatic rings. The maximum absolute atomic E-state index is 13.4. The maximum Gasteiger partial charge on any atom is 0.273 e. The van der Waals surface area contributed by atoms with E-state index in [9.17, 15) is 14.4 Å². The normalized spacial score (nSPS) is 17.0. The van der Waals surface area contributed by atoms with E-state index in [0.717, 1.165) is 5.22 Å². The van der Waals surface area contributed by atoms with Crippen LogP contribution in [-0.4, -0.2) is 69.3 Å². The van der Waals surface area contributed by atoms with E-state index in [1.165, 1.54) is 0 Å². The van der Waals surface area contributed by atoms with Gasteiger partial charge >= 0.3 is 0 Å². The molecule has 3 rings (SSSR count). The molecule has 0 aliphatic heterocycles. The number of fused-ring (bicyclic) bond motifs is 1. The Bertz CT molecular complexity index is 1450. The van der Waals surface area contributed by atoms with Gasteiger partial charge in [-0.15, -0.1) is 11.6 Å². The summed E-state index contributed by atoms with van der Waals surface area (Å²) in [5.41, 5.74) is 1.70. The monoisotopic (exact) mass is 613 g/mol. The fourth-order valence-corrected chi connectivity index (χ4v) is 5.05. The Hall–Kier alpha value is -3.60. The molecule has 4 N–H and O–H groups in total.